The number of rotatable bonds is 5. The summed E-state index contributed by atoms with van der Waals surface area (Å²) < 4.78 is 1.90. The summed E-state index contributed by atoms with van der Waals surface area (Å²) in [5, 5.41) is 10.6. The van der Waals surface area contributed by atoms with E-state index >= 15 is 0 Å². The van der Waals surface area contributed by atoms with Crippen LogP contribution in [0.15, 0.2) is 67.0 Å². The molecule has 0 aliphatic heterocycles. The number of pyridine rings is 2. The van der Waals surface area contributed by atoms with Gasteiger partial charge in [0.05, 0.1) is 34.3 Å². The van der Waals surface area contributed by atoms with Crippen LogP contribution in [-0.2, 0) is 0 Å². The number of nitrogens with one attached hydrogen (secondary N) is 1. The van der Waals surface area contributed by atoms with Crippen molar-refractivity contribution in [1.82, 2.24) is 19.7 Å². The van der Waals surface area contributed by atoms with E-state index in [1.807, 2.05) is 48.1 Å². The van der Waals surface area contributed by atoms with E-state index in [1.165, 1.54) is 19.3 Å². The van der Waals surface area contributed by atoms with Crippen LogP contribution >= 0.6 is 0 Å². The Balaban J connectivity index is 1.45. The van der Waals surface area contributed by atoms with Crippen molar-refractivity contribution in [3.05, 3.63) is 78.4 Å². The Hall–Kier alpha value is -4.26. The molecule has 0 spiro atoms. The summed E-state index contributed by atoms with van der Waals surface area (Å²) in [5.74, 6) is -0.535. The van der Waals surface area contributed by atoms with Crippen molar-refractivity contribution in [1.29, 1.82) is 0 Å². The minimum atomic E-state index is -0.535. The summed E-state index contributed by atoms with van der Waals surface area (Å²) in [7, 11) is 0. The normalized spacial score (nSPS) is 14.4. The van der Waals surface area contributed by atoms with Crippen molar-refractivity contribution >= 4 is 33.4 Å². The van der Waals surface area contributed by atoms with Crippen molar-refractivity contribution in [2.45, 2.75) is 45.1 Å². The van der Waals surface area contributed by atoms with Crippen LogP contribution in [0.2, 0.25) is 0 Å². The first kappa shape index (κ1) is 22.2. The fraction of sp³-hybridized carbons (Fsp3) is 0.241. The van der Waals surface area contributed by atoms with Gasteiger partial charge in [-0.3, -0.25) is 9.78 Å². The van der Waals surface area contributed by atoms with Crippen molar-refractivity contribution in [3.63, 3.8) is 0 Å². The highest BCUT2D eigenvalue weighted by Crippen LogP contribution is 2.34. The average Bonchev–Trinajstić information content (AvgIpc) is 3.25. The van der Waals surface area contributed by atoms with Gasteiger partial charge in [0, 0.05) is 28.6 Å². The summed E-state index contributed by atoms with van der Waals surface area (Å²) >= 11 is 0. The molecule has 6 rings (SSSR count). The summed E-state index contributed by atoms with van der Waals surface area (Å²) in [6, 6.07) is 18.8. The van der Waals surface area contributed by atoms with Crippen LogP contribution in [0.25, 0.3) is 38.6 Å². The number of para-hydroxylation sites is 1. The Labute approximate surface area is 209 Å². The number of hydrogen-bond acceptors (Lipinski definition) is 5. The molecule has 3 heterocycles. The standard InChI is InChI=1S/C29H28N6O/c1-18-27-23(20-14-19-8-5-6-12-24(19)31-16-20)11-7-13-26(27)35(34-18)22-15-25(28(29(30)36)32-17-22)33-21-9-3-2-4-10-21/h5-8,11-17,21,33H,2-4,9-10H2,1H3,(H2,30,36). The Morgan fingerprint density at radius 3 is 2.67 bits per heavy atom. The van der Waals surface area contributed by atoms with E-state index in [2.05, 4.69) is 39.6 Å². The van der Waals surface area contributed by atoms with Crippen LogP contribution in [0.4, 0.5) is 5.69 Å². The molecule has 0 atom stereocenters. The molecule has 0 saturated heterocycles. The number of benzene rings is 2. The van der Waals surface area contributed by atoms with E-state index < -0.39 is 5.91 Å². The van der Waals surface area contributed by atoms with Crippen LogP contribution in [0.5, 0.6) is 0 Å². The van der Waals surface area contributed by atoms with Gasteiger partial charge >= 0.3 is 0 Å². The van der Waals surface area contributed by atoms with Crippen LogP contribution in [0, 0.1) is 6.92 Å². The highest BCUT2D eigenvalue weighted by molar-refractivity contribution is 5.99. The third kappa shape index (κ3) is 3.96. The first-order valence-electron chi connectivity index (χ1n) is 12.5. The Morgan fingerprint density at radius 1 is 1.00 bits per heavy atom. The van der Waals surface area contributed by atoms with Crippen LogP contribution in [-0.4, -0.2) is 31.7 Å². The number of hydrogen-bond donors (Lipinski definition) is 2. The van der Waals surface area contributed by atoms with Gasteiger partial charge in [-0.25, -0.2) is 9.67 Å². The number of carbonyl (C=O) groups excluding carboxylic acids is 1. The largest absolute Gasteiger partial charge is 0.380 e. The third-order valence-electron chi connectivity index (χ3n) is 7.10. The number of primary amides is 1. The molecule has 3 N–H and O–H groups in total. The second-order valence-electron chi connectivity index (χ2n) is 9.55. The molecule has 0 unspecified atom stereocenters. The molecular formula is C29H28N6O. The summed E-state index contributed by atoms with van der Waals surface area (Å²) in [4.78, 5) is 21.2. The number of nitrogens with two attached hydrogens (primary N) is 1. The highest BCUT2D eigenvalue weighted by atomic mass is 16.1. The lowest BCUT2D eigenvalue weighted by molar-refractivity contribution is 0.0996. The molecule has 180 valence electrons. The predicted molar refractivity (Wildman–Crippen MR) is 143 cm³/mol. The monoisotopic (exact) mass is 476 g/mol. The van der Waals surface area contributed by atoms with Gasteiger partial charge in [0.2, 0.25) is 0 Å². The van der Waals surface area contributed by atoms with E-state index in [0.29, 0.717) is 11.7 Å². The second-order valence-corrected chi connectivity index (χ2v) is 9.55. The average molecular weight is 477 g/mol. The van der Waals surface area contributed by atoms with Gasteiger partial charge < -0.3 is 11.1 Å². The summed E-state index contributed by atoms with van der Waals surface area (Å²) in [6.45, 7) is 2.02. The van der Waals surface area contributed by atoms with Gasteiger partial charge in [-0.05, 0) is 49.6 Å². The number of anilines is 1. The SMILES string of the molecule is Cc1nn(-c2cnc(C(N)=O)c(NC3CCCCC3)c2)c2cccc(-c3cnc4ccccc4c3)c12. The Morgan fingerprint density at radius 2 is 1.83 bits per heavy atom. The molecule has 1 aliphatic rings. The van der Waals surface area contributed by atoms with Gasteiger partial charge in [-0.2, -0.15) is 5.10 Å². The second kappa shape index (κ2) is 9.07. The van der Waals surface area contributed by atoms with Crippen LogP contribution in [0.3, 0.4) is 0 Å². The Kier molecular flexibility index (Phi) is 5.60. The molecule has 1 aliphatic carbocycles. The summed E-state index contributed by atoms with van der Waals surface area (Å²) in [5.41, 5.74) is 12.4. The number of aromatic nitrogens is 4. The first-order chi connectivity index (χ1) is 17.6. The van der Waals surface area contributed by atoms with Gasteiger partial charge in [-0.15, -0.1) is 0 Å². The molecule has 5 aromatic rings. The fourth-order valence-corrected chi connectivity index (χ4v) is 5.35. The maximum atomic E-state index is 12.1. The fourth-order valence-electron chi connectivity index (χ4n) is 5.35. The van der Waals surface area contributed by atoms with Crippen molar-refractivity contribution < 1.29 is 4.79 Å². The molecule has 3 aromatic heterocycles. The topological polar surface area (TPSA) is 98.7 Å². The molecule has 1 amide bonds. The Bertz CT molecular complexity index is 1600. The van der Waals surface area contributed by atoms with E-state index in [1.54, 1.807) is 6.20 Å². The van der Waals surface area contributed by atoms with Gasteiger partial charge in [0.25, 0.3) is 5.91 Å². The van der Waals surface area contributed by atoms with E-state index in [4.69, 9.17) is 10.8 Å². The molecule has 7 heteroatoms. The number of nitrogens with zero attached hydrogens (tertiary/aromatic N) is 4. The smallest absolute Gasteiger partial charge is 0.269 e. The zero-order valence-corrected chi connectivity index (χ0v) is 20.2. The molecule has 2 aromatic carbocycles. The minimum Gasteiger partial charge on any atom is -0.380 e. The number of amides is 1. The van der Waals surface area contributed by atoms with Crippen LogP contribution < -0.4 is 11.1 Å². The quantitative estimate of drug-likeness (QED) is 0.335. The van der Waals surface area contributed by atoms with E-state index in [9.17, 15) is 4.79 Å². The zero-order chi connectivity index (χ0) is 24.6. The maximum absolute atomic E-state index is 12.1. The van der Waals surface area contributed by atoms with Gasteiger partial charge in [0.1, 0.15) is 0 Å². The number of aryl methyl sites for hydroxylation is 1. The first-order valence-corrected chi connectivity index (χ1v) is 12.5. The maximum Gasteiger partial charge on any atom is 0.269 e. The molecule has 1 saturated carbocycles. The molecule has 0 bridgehead atoms. The summed E-state index contributed by atoms with van der Waals surface area (Å²) in [6.07, 6.45) is 9.38. The van der Waals surface area contributed by atoms with Gasteiger partial charge in [-0.1, -0.05) is 49.6 Å². The highest BCUT2D eigenvalue weighted by Gasteiger charge is 2.20. The molecular weight excluding hydrogens is 448 g/mol. The lowest BCUT2D eigenvalue weighted by Crippen LogP contribution is -2.25. The minimum absolute atomic E-state index is 0.264. The zero-order valence-electron chi connectivity index (χ0n) is 20.2. The van der Waals surface area contributed by atoms with Crippen molar-refractivity contribution in [2.24, 2.45) is 5.73 Å². The van der Waals surface area contributed by atoms with Gasteiger partial charge in [0.15, 0.2) is 5.69 Å². The van der Waals surface area contributed by atoms with Crippen LogP contribution in [0.1, 0.15) is 48.3 Å². The van der Waals surface area contributed by atoms with Crippen molar-refractivity contribution in [3.8, 4) is 16.8 Å². The molecule has 7 nitrogen and oxygen atoms in total. The molecule has 36 heavy (non-hydrogen) atoms. The third-order valence-corrected chi connectivity index (χ3v) is 7.10. The van der Waals surface area contributed by atoms with E-state index in [-0.39, 0.29) is 5.69 Å². The molecule has 1 fully saturated rings. The predicted octanol–water partition coefficient (Wildman–Crippen LogP) is 5.79. The molecule has 0 radical (unpaired) electrons. The number of fused-ring (bicyclic) bond motifs is 2. The van der Waals surface area contributed by atoms with Crippen molar-refractivity contribution in [2.75, 3.05) is 5.32 Å². The van der Waals surface area contributed by atoms with E-state index in [0.717, 1.165) is 57.2 Å². The number of carbonyl (C=O) groups is 1. The lowest BCUT2D eigenvalue weighted by Gasteiger charge is -2.24. The lowest BCUT2D eigenvalue weighted by atomic mass is 9.95.